The number of carbonyl (C=O) groups is 1. The second-order valence-electron chi connectivity index (χ2n) is 7.43. The van der Waals surface area contributed by atoms with Gasteiger partial charge in [-0.05, 0) is 73.4 Å². The smallest absolute Gasteiger partial charge is 0.263 e. The number of hydrogen-bond donors (Lipinski definition) is 2. The summed E-state index contributed by atoms with van der Waals surface area (Å²) in [5.41, 5.74) is 5.09. The summed E-state index contributed by atoms with van der Waals surface area (Å²) in [6.45, 7) is 2.58. The molecule has 1 unspecified atom stereocenters. The van der Waals surface area contributed by atoms with Gasteiger partial charge in [0.25, 0.3) is 5.91 Å². The van der Waals surface area contributed by atoms with Crippen LogP contribution in [0.5, 0.6) is 0 Å². The zero-order valence-electron chi connectivity index (χ0n) is 16.7. The summed E-state index contributed by atoms with van der Waals surface area (Å²) in [7, 11) is 0. The van der Waals surface area contributed by atoms with Crippen molar-refractivity contribution in [2.75, 3.05) is 6.54 Å². The van der Waals surface area contributed by atoms with Gasteiger partial charge in [0, 0.05) is 17.8 Å². The highest BCUT2D eigenvalue weighted by Crippen LogP contribution is 2.24. The van der Waals surface area contributed by atoms with E-state index in [2.05, 4.69) is 28.8 Å². The molecule has 3 rings (SSSR count). The van der Waals surface area contributed by atoms with Gasteiger partial charge >= 0.3 is 0 Å². The Morgan fingerprint density at radius 3 is 2.62 bits per heavy atom. The van der Waals surface area contributed by atoms with Crippen molar-refractivity contribution in [2.45, 2.75) is 45.1 Å². The van der Waals surface area contributed by atoms with E-state index >= 15 is 0 Å². The normalized spacial score (nSPS) is 14.4. The van der Waals surface area contributed by atoms with Crippen molar-refractivity contribution in [3.63, 3.8) is 0 Å². The van der Waals surface area contributed by atoms with Crippen LogP contribution >= 0.6 is 11.6 Å². The largest absolute Gasteiger partial charge is 0.389 e. The molecule has 1 atom stereocenters. The molecule has 0 aliphatic heterocycles. The maximum atomic E-state index is 12.5. The van der Waals surface area contributed by atoms with Gasteiger partial charge in [-0.3, -0.25) is 4.79 Å². The molecule has 0 saturated heterocycles. The second kappa shape index (κ2) is 10.1. The average molecular weight is 408 g/mol. The van der Waals surface area contributed by atoms with E-state index in [0.29, 0.717) is 11.6 Å². The van der Waals surface area contributed by atoms with Crippen molar-refractivity contribution in [2.24, 2.45) is 0 Å². The summed E-state index contributed by atoms with van der Waals surface area (Å²) in [4.78, 5) is 12.5. The summed E-state index contributed by atoms with van der Waals surface area (Å²) in [5, 5.41) is 16.0. The summed E-state index contributed by atoms with van der Waals surface area (Å²) in [6, 6.07) is 15.9. The Hall–Kier alpha value is -2.77. The fraction of sp³-hybridized carbons (Fsp3) is 0.333. The molecule has 5 heteroatoms. The summed E-state index contributed by atoms with van der Waals surface area (Å²) < 4.78 is 0. The van der Waals surface area contributed by atoms with Gasteiger partial charge in [0.05, 0.1) is 6.04 Å². The van der Waals surface area contributed by atoms with Crippen molar-refractivity contribution >= 4 is 17.5 Å². The molecule has 1 aliphatic rings. The van der Waals surface area contributed by atoms with Crippen molar-refractivity contribution in [1.29, 1.82) is 5.26 Å². The minimum absolute atomic E-state index is 0.0749. The average Bonchev–Trinajstić information content (AvgIpc) is 2.74. The van der Waals surface area contributed by atoms with Gasteiger partial charge in [0.15, 0.2) is 0 Å². The molecule has 0 aromatic heterocycles. The molecule has 4 nitrogen and oxygen atoms in total. The van der Waals surface area contributed by atoms with Gasteiger partial charge < -0.3 is 10.6 Å². The molecule has 0 saturated carbocycles. The monoisotopic (exact) mass is 407 g/mol. The third kappa shape index (κ3) is 5.85. The number of aryl methyl sites for hydroxylation is 2. The number of benzene rings is 2. The minimum Gasteiger partial charge on any atom is -0.389 e. The highest BCUT2D eigenvalue weighted by Gasteiger charge is 2.16. The predicted octanol–water partition coefficient (Wildman–Crippen LogP) is 4.64. The fourth-order valence-electron chi connectivity index (χ4n) is 3.57. The molecule has 0 radical (unpaired) electrons. The Balaban J connectivity index is 1.54. The van der Waals surface area contributed by atoms with Crippen LogP contribution in [0.2, 0.25) is 5.02 Å². The van der Waals surface area contributed by atoms with E-state index in [1.54, 1.807) is 0 Å². The van der Waals surface area contributed by atoms with Crippen molar-refractivity contribution in [3.05, 3.63) is 81.5 Å². The van der Waals surface area contributed by atoms with E-state index in [0.717, 1.165) is 30.4 Å². The Bertz CT molecular complexity index is 928. The molecule has 0 spiro atoms. The Kier molecular flexibility index (Phi) is 7.32. The zero-order valence-corrected chi connectivity index (χ0v) is 17.4. The number of rotatable bonds is 7. The van der Waals surface area contributed by atoms with Crippen LogP contribution in [-0.2, 0) is 24.1 Å². The molecule has 2 aromatic rings. The number of amides is 1. The van der Waals surface area contributed by atoms with E-state index in [-0.39, 0.29) is 17.5 Å². The van der Waals surface area contributed by atoms with Gasteiger partial charge in [-0.1, -0.05) is 41.9 Å². The van der Waals surface area contributed by atoms with Gasteiger partial charge in [0.2, 0.25) is 0 Å². The number of halogens is 1. The van der Waals surface area contributed by atoms with Gasteiger partial charge in [-0.15, -0.1) is 0 Å². The molecule has 0 bridgehead atoms. The lowest BCUT2D eigenvalue weighted by Crippen LogP contribution is -2.29. The lowest BCUT2D eigenvalue weighted by atomic mass is 9.89. The van der Waals surface area contributed by atoms with E-state index < -0.39 is 0 Å². The number of hydrogen-bond acceptors (Lipinski definition) is 3. The van der Waals surface area contributed by atoms with Gasteiger partial charge in [-0.25, -0.2) is 0 Å². The van der Waals surface area contributed by atoms with E-state index in [1.165, 1.54) is 30.2 Å². The first-order valence-electron chi connectivity index (χ1n) is 10.1. The molecule has 2 aromatic carbocycles. The third-order valence-corrected chi connectivity index (χ3v) is 5.55. The maximum Gasteiger partial charge on any atom is 0.263 e. The molecular formula is C24H26ClN3O. The van der Waals surface area contributed by atoms with Crippen LogP contribution in [-0.4, -0.2) is 12.5 Å². The number of nitrogens with zero attached hydrogens (tertiary/aromatic N) is 1. The fourth-order valence-corrected chi connectivity index (χ4v) is 3.70. The van der Waals surface area contributed by atoms with E-state index in [1.807, 2.05) is 37.3 Å². The van der Waals surface area contributed by atoms with Crippen LogP contribution in [0.15, 0.2) is 54.2 Å². The molecular weight excluding hydrogens is 382 g/mol. The molecule has 0 fully saturated rings. The van der Waals surface area contributed by atoms with Gasteiger partial charge in [0.1, 0.15) is 11.6 Å². The number of fused-ring (bicyclic) bond motifs is 1. The first kappa shape index (κ1) is 21.0. The zero-order chi connectivity index (χ0) is 20.6. The Morgan fingerprint density at radius 1 is 1.17 bits per heavy atom. The van der Waals surface area contributed by atoms with Crippen LogP contribution < -0.4 is 10.6 Å². The topological polar surface area (TPSA) is 64.9 Å². The number of nitriles is 1. The van der Waals surface area contributed by atoms with Crippen molar-refractivity contribution in [1.82, 2.24) is 10.6 Å². The van der Waals surface area contributed by atoms with Crippen LogP contribution in [0.25, 0.3) is 0 Å². The molecule has 29 heavy (non-hydrogen) atoms. The molecule has 2 N–H and O–H groups in total. The van der Waals surface area contributed by atoms with E-state index in [9.17, 15) is 10.1 Å². The Morgan fingerprint density at radius 2 is 1.90 bits per heavy atom. The number of nitrogens with one attached hydrogen (secondary N) is 2. The first-order valence-corrected chi connectivity index (χ1v) is 10.5. The lowest BCUT2D eigenvalue weighted by molar-refractivity contribution is -0.117. The quantitative estimate of drug-likeness (QED) is 0.399. The van der Waals surface area contributed by atoms with Crippen molar-refractivity contribution < 1.29 is 4.79 Å². The summed E-state index contributed by atoms with van der Waals surface area (Å²) >= 11 is 5.88. The first-order chi connectivity index (χ1) is 14.1. The molecule has 150 valence electrons. The third-order valence-electron chi connectivity index (χ3n) is 5.30. The molecule has 0 heterocycles. The SMILES string of the molecule is CC(NC(=O)/C(C#N)=C\NCCc1ccc(Cl)cc1)c1ccc2c(c1)CCCC2. The lowest BCUT2D eigenvalue weighted by Gasteiger charge is -2.20. The highest BCUT2D eigenvalue weighted by atomic mass is 35.5. The van der Waals surface area contributed by atoms with Crippen molar-refractivity contribution in [3.8, 4) is 6.07 Å². The molecule has 1 aliphatic carbocycles. The van der Waals surface area contributed by atoms with Crippen LogP contribution in [0, 0.1) is 11.3 Å². The summed E-state index contributed by atoms with van der Waals surface area (Å²) in [5.74, 6) is -0.364. The number of carbonyl (C=O) groups excluding carboxylic acids is 1. The minimum atomic E-state index is -0.364. The standard InChI is InChI=1S/C24H26ClN3O/c1-17(20-9-8-19-4-2-3-5-21(19)14-20)28-24(29)22(15-26)16-27-13-12-18-6-10-23(25)11-7-18/h6-11,14,16-17,27H,2-5,12-13H2,1H3,(H,28,29)/b22-16-. The predicted molar refractivity (Wildman–Crippen MR) is 116 cm³/mol. The summed E-state index contributed by atoms with van der Waals surface area (Å²) in [6.07, 6.45) is 6.98. The van der Waals surface area contributed by atoms with Gasteiger partial charge in [-0.2, -0.15) is 5.26 Å². The maximum absolute atomic E-state index is 12.5. The highest BCUT2D eigenvalue weighted by molar-refractivity contribution is 6.30. The van der Waals surface area contributed by atoms with Crippen LogP contribution in [0.3, 0.4) is 0 Å². The molecule has 1 amide bonds. The Labute approximate surface area is 177 Å². The van der Waals surface area contributed by atoms with Crippen LogP contribution in [0.1, 0.15) is 48.1 Å². The second-order valence-corrected chi connectivity index (χ2v) is 7.87. The van der Waals surface area contributed by atoms with Crippen LogP contribution in [0.4, 0.5) is 0 Å². The van der Waals surface area contributed by atoms with E-state index in [4.69, 9.17) is 11.6 Å².